The maximum Gasteiger partial charge on any atom is 0.233 e. The van der Waals surface area contributed by atoms with E-state index in [0.717, 1.165) is 24.6 Å². The second kappa shape index (κ2) is 3.71. The monoisotopic (exact) mass is 233 g/mol. The summed E-state index contributed by atoms with van der Waals surface area (Å²) in [4.78, 5) is 10.8. The first-order valence-electron chi connectivity index (χ1n) is 5.10. The third-order valence-corrected chi connectivity index (χ3v) is 3.46. The minimum absolute atomic E-state index is 0.358. The number of rotatable bonds is 1. The molecule has 1 aliphatic heterocycles. The number of anilines is 2. The summed E-state index contributed by atoms with van der Waals surface area (Å²) in [6.07, 6.45) is 2.80. The van der Waals surface area contributed by atoms with Crippen molar-refractivity contribution in [1.82, 2.24) is 14.3 Å². The molecule has 0 unspecified atom stereocenters. The van der Waals surface area contributed by atoms with Crippen molar-refractivity contribution < 1.29 is 0 Å². The lowest BCUT2D eigenvalue weighted by molar-refractivity contribution is 0.710. The van der Waals surface area contributed by atoms with E-state index in [1.807, 2.05) is 12.3 Å². The van der Waals surface area contributed by atoms with Crippen molar-refractivity contribution in [3.05, 3.63) is 29.6 Å². The summed E-state index contributed by atoms with van der Waals surface area (Å²) in [5.74, 6) is 0.358. The molecule has 0 amide bonds. The smallest absolute Gasteiger partial charge is 0.233 e. The van der Waals surface area contributed by atoms with Crippen LogP contribution in [0.2, 0.25) is 0 Å². The number of nitrogen functional groups attached to an aromatic ring is 1. The average molecular weight is 233 g/mol. The van der Waals surface area contributed by atoms with Gasteiger partial charge in [-0.3, -0.25) is 4.98 Å². The molecule has 0 aliphatic carbocycles. The van der Waals surface area contributed by atoms with Crippen molar-refractivity contribution in [2.24, 2.45) is 0 Å². The van der Waals surface area contributed by atoms with Crippen molar-refractivity contribution in [1.29, 1.82) is 0 Å². The Hall–Kier alpha value is -1.69. The quantitative estimate of drug-likeness (QED) is 0.798. The largest absolute Gasteiger partial charge is 0.367 e. The molecule has 3 rings (SSSR count). The van der Waals surface area contributed by atoms with Crippen LogP contribution >= 0.6 is 11.5 Å². The number of pyridine rings is 1. The third-order valence-electron chi connectivity index (χ3n) is 2.67. The first-order chi connectivity index (χ1) is 7.83. The van der Waals surface area contributed by atoms with E-state index >= 15 is 0 Å². The molecule has 5 nitrogen and oxygen atoms in total. The molecule has 2 aromatic heterocycles. The Kier molecular flexibility index (Phi) is 2.21. The molecule has 0 aromatic carbocycles. The van der Waals surface area contributed by atoms with Crippen molar-refractivity contribution in [2.75, 3.05) is 17.2 Å². The minimum Gasteiger partial charge on any atom is -0.367 e. The van der Waals surface area contributed by atoms with Crippen molar-refractivity contribution in [3.63, 3.8) is 0 Å². The SMILES string of the molecule is Nc1nsc(N2CCc3ncccc3C2)n1. The zero-order chi connectivity index (χ0) is 11.0. The van der Waals surface area contributed by atoms with Crippen LogP contribution in [0.1, 0.15) is 11.3 Å². The number of nitrogens with two attached hydrogens (primary N) is 1. The van der Waals surface area contributed by atoms with Crippen LogP contribution in [0.3, 0.4) is 0 Å². The maximum atomic E-state index is 5.53. The van der Waals surface area contributed by atoms with Gasteiger partial charge >= 0.3 is 0 Å². The Balaban J connectivity index is 1.88. The van der Waals surface area contributed by atoms with Crippen LogP contribution in [0.4, 0.5) is 11.1 Å². The topological polar surface area (TPSA) is 67.9 Å². The molecule has 0 radical (unpaired) electrons. The van der Waals surface area contributed by atoms with Crippen LogP contribution in [-0.2, 0) is 13.0 Å². The summed E-state index contributed by atoms with van der Waals surface area (Å²) in [6, 6.07) is 4.08. The molecule has 0 saturated heterocycles. The Morgan fingerprint density at radius 2 is 2.38 bits per heavy atom. The number of hydrogen-bond acceptors (Lipinski definition) is 6. The predicted molar refractivity (Wildman–Crippen MR) is 63.3 cm³/mol. The first-order valence-corrected chi connectivity index (χ1v) is 5.87. The molecule has 3 heterocycles. The predicted octanol–water partition coefficient (Wildman–Crippen LogP) is 1.08. The zero-order valence-electron chi connectivity index (χ0n) is 8.63. The summed E-state index contributed by atoms with van der Waals surface area (Å²) in [5, 5.41) is 0.895. The van der Waals surface area contributed by atoms with E-state index < -0.39 is 0 Å². The van der Waals surface area contributed by atoms with E-state index in [4.69, 9.17) is 5.73 Å². The number of nitrogens with zero attached hydrogens (tertiary/aromatic N) is 4. The lowest BCUT2D eigenvalue weighted by Gasteiger charge is -2.27. The average Bonchev–Trinajstić information content (AvgIpc) is 2.75. The van der Waals surface area contributed by atoms with Crippen LogP contribution in [0.25, 0.3) is 0 Å². The highest BCUT2D eigenvalue weighted by molar-refractivity contribution is 7.09. The Bertz CT molecular complexity index is 509. The standard InChI is InChI=1S/C10H11N5S/c11-9-13-10(16-14-9)15-5-3-8-7(6-15)2-1-4-12-8/h1-2,4H,3,5-6H2,(H2,11,14). The normalized spacial score (nSPS) is 14.9. The van der Waals surface area contributed by atoms with Crippen LogP contribution in [0.15, 0.2) is 18.3 Å². The highest BCUT2D eigenvalue weighted by atomic mass is 32.1. The van der Waals surface area contributed by atoms with Gasteiger partial charge in [0, 0.05) is 42.9 Å². The molecule has 0 atom stereocenters. The van der Waals surface area contributed by atoms with Crippen LogP contribution in [-0.4, -0.2) is 20.9 Å². The van der Waals surface area contributed by atoms with Gasteiger partial charge in [-0.1, -0.05) is 6.07 Å². The molecule has 0 fully saturated rings. The molecule has 0 saturated carbocycles. The second-order valence-corrected chi connectivity index (χ2v) is 4.45. The van der Waals surface area contributed by atoms with Crippen molar-refractivity contribution in [2.45, 2.75) is 13.0 Å². The van der Waals surface area contributed by atoms with Gasteiger partial charge in [0.1, 0.15) is 0 Å². The molecule has 0 spiro atoms. The summed E-state index contributed by atoms with van der Waals surface area (Å²) in [5.41, 5.74) is 7.99. The number of hydrogen-bond donors (Lipinski definition) is 1. The van der Waals surface area contributed by atoms with Crippen LogP contribution in [0, 0.1) is 0 Å². The summed E-state index contributed by atoms with van der Waals surface area (Å²) in [7, 11) is 0. The summed E-state index contributed by atoms with van der Waals surface area (Å²) < 4.78 is 4.00. The molecule has 16 heavy (non-hydrogen) atoms. The lowest BCUT2D eigenvalue weighted by Crippen LogP contribution is -2.30. The molecule has 2 N–H and O–H groups in total. The van der Waals surface area contributed by atoms with Crippen LogP contribution in [0.5, 0.6) is 0 Å². The summed E-state index contributed by atoms with van der Waals surface area (Å²) >= 11 is 1.35. The zero-order valence-corrected chi connectivity index (χ0v) is 9.44. The highest BCUT2D eigenvalue weighted by Gasteiger charge is 2.19. The van der Waals surface area contributed by atoms with E-state index in [1.165, 1.54) is 22.8 Å². The Morgan fingerprint density at radius 3 is 3.19 bits per heavy atom. The fourth-order valence-corrected chi connectivity index (χ4v) is 2.51. The van der Waals surface area contributed by atoms with E-state index in [9.17, 15) is 0 Å². The first kappa shape index (κ1) is 9.53. The van der Waals surface area contributed by atoms with Gasteiger partial charge in [0.05, 0.1) is 0 Å². The molecule has 82 valence electrons. The van der Waals surface area contributed by atoms with Gasteiger partial charge in [-0.2, -0.15) is 9.36 Å². The number of aromatic nitrogens is 3. The fraction of sp³-hybridized carbons (Fsp3) is 0.300. The van der Waals surface area contributed by atoms with E-state index in [2.05, 4.69) is 25.3 Å². The Labute approximate surface area is 97.1 Å². The second-order valence-electron chi connectivity index (χ2n) is 3.72. The number of fused-ring (bicyclic) bond motifs is 1. The molecule has 6 heteroatoms. The van der Waals surface area contributed by atoms with Gasteiger partial charge in [0.15, 0.2) is 0 Å². The molecular formula is C10H11N5S. The van der Waals surface area contributed by atoms with E-state index in [1.54, 1.807) is 0 Å². The fourth-order valence-electron chi connectivity index (χ4n) is 1.88. The maximum absolute atomic E-state index is 5.53. The molecule has 0 bridgehead atoms. The van der Waals surface area contributed by atoms with Gasteiger partial charge in [-0.15, -0.1) is 0 Å². The third kappa shape index (κ3) is 1.61. The Morgan fingerprint density at radius 1 is 1.44 bits per heavy atom. The molecule has 1 aliphatic rings. The van der Waals surface area contributed by atoms with Gasteiger partial charge in [0.2, 0.25) is 11.1 Å². The van der Waals surface area contributed by atoms with Gasteiger partial charge in [-0.25, -0.2) is 0 Å². The summed E-state index contributed by atoms with van der Waals surface area (Å²) in [6.45, 7) is 1.77. The van der Waals surface area contributed by atoms with E-state index in [0.29, 0.717) is 5.95 Å². The van der Waals surface area contributed by atoms with Crippen molar-refractivity contribution in [3.8, 4) is 0 Å². The van der Waals surface area contributed by atoms with Crippen LogP contribution < -0.4 is 10.6 Å². The van der Waals surface area contributed by atoms with Gasteiger partial charge in [0.25, 0.3) is 0 Å². The molecular weight excluding hydrogens is 222 g/mol. The highest BCUT2D eigenvalue weighted by Crippen LogP contribution is 2.24. The van der Waals surface area contributed by atoms with E-state index in [-0.39, 0.29) is 0 Å². The lowest BCUT2D eigenvalue weighted by atomic mass is 10.1. The van der Waals surface area contributed by atoms with Crippen molar-refractivity contribution >= 4 is 22.6 Å². The minimum atomic E-state index is 0.358. The molecule has 2 aromatic rings. The van der Waals surface area contributed by atoms with Gasteiger partial charge in [-0.05, 0) is 11.6 Å². The van der Waals surface area contributed by atoms with Gasteiger partial charge < -0.3 is 10.6 Å².